The third kappa shape index (κ3) is 7.41. The van der Waals surface area contributed by atoms with E-state index in [0.717, 1.165) is 19.3 Å². The van der Waals surface area contributed by atoms with Crippen molar-refractivity contribution in [3.05, 3.63) is 24.3 Å². The van der Waals surface area contributed by atoms with E-state index in [4.69, 9.17) is 9.47 Å². The number of unbranched alkanes of at least 4 members (excludes halogenated alkanes) is 5. The molecule has 0 bridgehead atoms. The zero-order valence-electron chi connectivity index (χ0n) is 16.0. The fourth-order valence-corrected chi connectivity index (χ4v) is 3.06. The molecule has 1 unspecified atom stereocenters. The number of esters is 1. The Hall–Kier alpha value is -2.37. The molecule has 6 heteroatoms. The third-order valence-electron chi connectivity index (χ3n) is 4.64. The highest BCUT2D eigenvalue weighted by molar-refractivity contribution is 6.01. The number of ketones is 1. The molecule has 1 fully saturated rings. The van der Waals surface area contributed by atoms with Crippen molar-refractivity contribution in [2.45, 2.75) is 64.7 Å². The molecule has 1 atom stereocenters. The smallest absolute Gasteiger partial charge is 0.411 e. The lowest BCUT2D eigenvalue weighted by atomic mass is 10.1. The van der Waals surface area contributed by atoms with Gasteiger partial charge in [-0.15, -0.1) is 0 Å². The maximum Gasteiger partial charge on any atom is 0.411 e. The highest BCUT2D eigenvalue weighted by Crippen LogP contribution is 2.24. The molecule has 1 amide bonds. The van der Waals surface area contributed by atoms with Gasteiger partial charge < -0.3 is 9.47 Å². The zero-order valence-corrected chi connectivity index (χ0v) is 16.0. The van der Waals surface area contributed by atoms with E-state index < -0.39 is 18.0 Å². The number of benzene rings is 1. The second kappa shape index (κ2) is 11.4. The molecular weight excluding hydrogens is 346 g/mol. The van der Waals surface area contributed by atoms with Crippen molar-refractivity contribution in [2.75, 3.05) is 11.9 Å². The topological polar surface area (TPSA) is 81.7 Å². The lowest BCUT2D eigenvalue weighted by Crippen LogP contribution is -2.23. The normalized spacial score (nSPS) is 16.2. The molecule has 27 heavy (non-hydrogen) atoms. The Morgan fingerprint density at radius 2 is 1.78 bits per heavy atom. The highest BCUT2D eigenvalue weighted by atomic mass is 16.5. The average molecular weight is 375 g/mol. The van der Waals surface area contributed by atoms with Crippen molar-refractivity contribution >= 4 is 23.5 Å². The first-order valence-corrected chi connectivity index (χ1v) is 9.88. The first kappa shape index (κ1) is 20.9. The van der Waals surface area contributed by atoms with Crippen LogP contribution >= 0.6 is 0 Å². The molecule has 1 aromatic carbocycles. The maximum absolute atomic E-state index is 12.0. The fraction of sp³-hybridized carbons (Fsp3) is 0.571. The average Bonchev–Trinajstić information content (AvgIpc) is 3.09. The predicted octanol–water partition coefficient (Wildman–Crippen LogP) is 4.87. The van der Waals surface area contributed by atoms with Crippen LogP contribution < -0.4 is 10.1 Å². The standard InChI is InChI=1S/C21H29NO5/c1-2-3-4-5-6-7-15-26-21(25)22-16-11-13-17(14-12-16)27-20(24)18-9-8-10-19(18)23/h11-14,18H,2-10,15H2,1H3,(H,22,25). The van der Waals surface area contributed by atoms with Crippen molar-refractivity contribution in [3.8, 4) is 5.75 Å². The summed E-state index contributed by atoms with van der Waals surface area (Å²) in [7, 11) is 0. The molecule has 2 rings (SSSR count). The summed E-state index contributed by atoms with van der Waals surface area (Å²) in [6.07, 6.45) is 8.06. The van der Waals surface area contributed by atoms with Gasteiger partial charge in [-0.1, -0.05) is 39.0 Å². The van der Waals surface area contributed by atoms with Gasteiger partial charge in [-0.05, 0) is 43.5 Å². The minimum atomic E-state index is -0.639. The summed E-state index contributed by atoms with van der Waals surface area (Å²) < 4.78 is 10.4. The highest BCUT2D eigenvalue weighted by Gasteiger charge is 2.32. The van der Waals surface area contributed by atoms with Crippen LogP contribution in [0, 0.1) is 5.92 Å². The first-order chi connectivity index (χ1) is 13.1. The maximum atomic E-state index is 12.0. The Bertz CT molecular complexity index is 626. The molecule has 1 saturated carbocycles. The molecule has 1 aliphatic carbocycles. The van der Waals surface area contributed by atoms with Gasteiger partial charge in [0.25, 0.3) is 0 Å². The van der Waals surface area contributed by atoms with Gasteiger partial charge in [-0.3, -0.25) is 14.9 Å². The minimum Gasteiger partial charge on any atom is -0.449 e. The zero-order chi connectivity index (χ0) is 19.5. The quantitative estimate of drug-likeness (QED) is 0.273. The van der Waals surface area contributed by atoms with Gasteiger partial charge in [0, 0.05) is 12.1 Å². The van der Waals surface area contributed by atoms with Crippen LogP contribution in [0.25, 0.3) is 0 Å². The van der Waals surface area contributed by atoms with E-state index in [1.54, 1.807) is 24.3 Å². The van der Waals surface area contributed by atoms with Crippen LogP contribution in [0.5, 0.6) is 5.75 Å². The monoisotopic (exact) mass is 375 g/mol. The van der Waals surface area contributed by atoms with E-state index in [1.807, 2.05) is 0 Å². The van der Waals surface area contributed by atoms with Crippen LogP contribution in [0.2, 0.25) is 0 Å². The Kier molecular flexibility index (Phi) is 8.81. The Morgan fingerprint density at radius 3 is 2.44 bits per heavy atom. The number of hydrogen-bond donors (Lipinski definition) is 1. The van der Waals surface area contributed by atoms with Crippen LogP contribution in [-0.2, 0) is 14.3 Å². The number of rotatable bonds is 10. The Balaban J connectivity index is 1.66. The van der Waals surface area contributed by atoms with Crippen molar-refractivity contribution in [3.63, 3.8) is 0 Å². The van der Waals surface area contributed by atoms with Gasteiger partial charge in [-0.25, -0.2) is 4.79 Å². The molecule has 0 heterocycles. The summed E-state index contributed by atoms with van der Waals surface area (Å²) in [6, 6.07) is 6.43. The van der Waals surface area contributed by atoms with Crippen LogP contribution in [0.1, 0.15) is 64.7 Å². The lowest BCUT2D eigenvalue weighted by Gasteiger charge is -2.10. The van der Waals surface area contributed by atoms with Crippen LogP contribution in [0.3, 0.4) is 0 Å². The first-order valence-electron chi connectivity index (χ1n) is 9.88. The number of carbonyl (C=O) groups is 3. The number of amides is 1. The number of Topliss-reactive ketones (excluding diaryl/α,β-unsaturated/α-hetero) is 1. The van der Waals surface area contributed by atoms with Gasteiger partial charge in [0.1, 0.15) is 17.5 Å². The van der Waals surface area contributed by atoms with Crippen molar-refractivity contribution in [2.24, 2.45) is 5.92 Å². The molecule has 1 N–H and O–H groups in total. The summed E-state index contributed by atoms with van der Waals surface area (Å²) in [5.74, 6) is -0.839. The fourth-order valence-electron chi connectivity index (χ4n) is 3.06. The van der Waals surface area contributed by atoms with Gasteiger partial charge in [0.2, 0.25) is 0 Å². The van der Waals surface area contributed by atoms with Crippen molar-refractivity contribution < 1.29 is 23.9 Å². The van der Waals surface area contributed by atoms with E-state index in [2.05, 4.69) is 12.2 Å². The third-order valence-corrected chi connectivity index (χ3v) is 4.64. The molecule has 0 saturated heterocycles. The molecule has 0 spiro atoms. The van der Waals surface area contributed by atoms with E-state index in [9.17, 15) is 14.4 Å². The Morgan fingerprint density at radius 1 is 1.07 bits per heavy atom. The van der Waals surface area contributed by atoms with Gasteiger partial charge >= 0.3 is 12.1 Å². The molecular formula is C21H29NO5. The van der Waals surface area contributed by atoms with E-state index >= 15 is 0 Å². The molecule has 6 nitrogen and oxygen atoms in total. The number of carbonyl (C=O) groups excluding carboxylic acids is 3. The second-order valence-corrected chi connectivity index (χ2v) is 6.89. The van der Waals surface area contributed by atoms with E-state index in [-0.39, 0.29) is 5.78 Å². The van der Waals surface area contributed by atoms with E-state index in [1.165, 1.54) is 25.7 Å². The number of anilines is 1. The summed E-state index contributed by atoms with van der Waals surface area (Å²) in [5.41, 5.74) is 0.555. The molecule has 1 aliphatic rings. The minimum absolute atomic E-state index is 0.0496. The number of ether oxygens (including phenoxy) is 2. The predicted molar refractivity (Wildman–Crippen MR) is 103 cm³/mol. The summed E-state index contributed by atoms with van der Waals surface area (Å²) in [4.78, 5) is 35.3. The summed E-state index contributed by atoms with van der Waals surface area (Å²) in [5, 5.41) is 2.64. The summed E-state index contributed by atoms with van der Waals surface area (Å²) >= 11 is 0. The van der Waals surface area contributed by atoms with E-state index in [0.29, 0.717) is 30.9 Å². The van der Waals surface area contributed by atoms with Crippen LogP contribution in [0.4, 0.5) is 10.5 Å². The molecule has 0 aliphatic heterocycles. The van der Waals surface area contributed by atoms with Gasteiger partial charge in [0.05, 0.1) is 6.61 Å². The SMILES string of the molecule is CCCCCCCCOC(=O)Nc1ccc(OC(=O)C2CCCC2=O)cc1. The van der Waals surface area contributed by atoms with Crippen LogP contribution in [0.15, 0.2) is 24.3 Å². The van der Waals surface area contributed by atoms with Gasteiger partial charge in [-0.2, -0.15) is 0 Å². The molecule has 0 aromatic heterocycles. The molecule has 0 radical (unpaired) electrons. The summed E-state index contributed by atoms with van der Waals surface area (Å²) in [6.45, 7) is 2.59. The number of nitrogens with one attached hydrogen (secondary N) is 1. The molecule has 148 valence electrons. The van der Waals surface area contributed by atoms with Gasteiger partial charge in [0.15, 0.2) is 0 Å². The lowest BCUT2D eigenvalue weighted by molar-refractivity contribution is -0.142. The van der Waals surface area contributed by atoms with Crippen molar-refractivity contribution in [1.82, 2.24) is 0 Å². The van der Waals surface area contributed by atoms with Crippen LogP contribution in [-0.4, -0.2) is 24.5 Å². The molecule has 1 aromatic rings. The Labute approximate surface area is 160 Å². The second-order valence-electron chi connectivity index (χ2n) is 6.89. The largest absolute Gasteiger partial charge is 0.449 e. The van der Waals surface area contributed by atoms with Crippen molar-refractivity contribution in [1.29, 1.82) is 0 Å². The number of hydrogen-bond acceptors (Lipinski definition) is 5.